The minimum Gasteiger partial charge on any atom is -0.469 e. The van der Waals surface area contributed by atoms with Gasteiger partial charge in [-0.2, -0.15) is 0 Å². The van der Waals surface area contributed by atoms with Crippen LogP contribution in [0.2, 0.25) is 0 Å². The Labute approximate surface area is 122 Å². The van der Waals surface area contributed by atoms with Crippen molar-refractivity contribution in [2.45, 2.75) is 58.2 Å². The van der Waals surface area contributed by atoms with Crippen LogP contribution in [0.3, 0.4) is 0 Å². The van der Waals surface area contributed by atoms with Crippen molar-refractivity contribution in [2.24, 2.45) is 11.3 Å². The summed E-state index contributed by atoms with van der Waals surface area (Å²) in [6, 6.07) is -0.133. The van der Waals surface area contributed by atoms with Crippen molar-refractivity contribution in [1.29, 1.82) is 0 Å². The first-order chi connectivity index (χ1) is 9.03. The maximum atomic E-state index is 12.8. The molecular formula is C14H27NO4S. The average Bonchev–Trinajstić information content (AvgIpc) is 2.84. The van der Waals surface area contributed by atoms with Crippen molar-refractivity contribution in [3.63, 3.8) is 0 Å². The van der Waals surface area contributed by atoms with Gasteiger partial charge < -0.3 is 4.74 Å². The second-order valence-electron chi connectivity index (χ2n) is 6.70. The Kier molecular flexibility index (Phi) is 5.24. The van der Waals surface area contributed by atoms with Gasteiger partial charge in [-0.25, -0.2) is 12.7 Å². The highest BCUT2D eigenvalue weighted by atomic mass is 32.2. The number of carbonyl (C=O) groups excluding carboxylic acids is 1. The summed E-state index contributed by atoms with van der Waals surface area (Å²) in [6.07, 6.45) is 1.87. The van der Waals surface area contributed by atoms with E-state index >= 15 is 0 Å². The second-order valence-corrected chi connectivity index (χ2v) is 8.91. The summed E-state index contributed by atoms with van der Waals surface area (Å²) in [5.74, 6) is -0.937. The number of ether oxygens (including phenoxy) is 1. The molecule has 3 atom stereocenters. The number of methoxy groups -OCH3 is 1. The minimum absolute atomic E-state index is 0.133. The van der Waals surface area contributed by atoms with E-state index in [9.17, 15) is 13.2 Å². The molecule has 0 saturated heterocycles. The van der Waals surface area contributed by atoms with Crippen LogP contribution in [0, 0.1) is 11.3 Å². The number of esters is 1. The number of carbonyl (C=O) groups is 1. The monoisotopic (exact) mass is 305 g/mol. The van der Waals surface area contributed by atoms with E-state index in [0.29, 0.717) is 12.8 Å². The Hall–Kier alpha value is -0.620. The number of hydrogen-bond acceptors (Lipinski definition) is 4. The fourth-order valence-electron chi connectivity index (χ4n) is 2.68. The molecule has 1 rings (SSSR count). The first-order valence-corrected chi connectivity index (χ1v) is 8.58. The molecule has 6 heteroatoms. The standard InChI is InChI=1S/C14H27NO4S/c1-10(14(2,3)4)15(5)20(17,18)12-9-7-8-11(12)13(16)19-6/h10-12H,7-9H2,1-6H3. The normalized spacial score (nSPS) is 25.8. The van der Waals surface area contributed by atoms with Crippen molar-refractivity contribution in [3.8, 4) is 0 Å². The van der Waals surface area contributed by atoms with Gasteiger partial charge in [-0.15, -0.1) is 0 Å². The third-order valence-corrected chi connectivity index (χ3v) is 6.99. The van der Waals surface area contributed by atoms with Crippen molar-refractivity contribution < 1.29 is 17.9 Å². The second kappa shape index (κ2) is 6.02. The summed E-state index contributed by atoms with van der Waals surface area (Å²) in [6.45, 7) is 7.93. The Morgan fingerprint density at radius 1 is 1.30 bits per heavy atom. The van der Waals surface area contributed by atoms with Gasteiger partial charge in [0.25, 0.3) is 0 Å². The molecule has 118 valence electrons. The molecule has 0 amide bonds. The van der Waals surface area contributed by atoms with Gasteiger partial charge in [0.2, 0.25) is 10.0 Å². The number of hydrogen-bond donors (Lipinski definition) is 0. The molecule has 0 heterocycles. The molecule has 5 nitrogen and oxygen atoms in total. The molecule has 0 N–H and O–H groups in total. The highest BCUT2D eigenvalue weighted by Gasteiger charge is 2.45. The van der Waals surface area contributed by atoms with Crippen LogP contribution in [-0.2, 0) is 19.6 Å². The molecule has 0 aromatic heterocycles. The summed E-state index contributed by atoms with van der Waals surface area (Å²) >= 11 is 0. The third kappa shape index (κ3) is 3.34. The van der Waals surface area contributed by atoms with E-state index in [-0.39, 0.29) is 11.5 Å². The first kappa shape index (κ1) is 17.4. The van der Waals surface area contributed by atoms with E-state index in [1.807, 2.05) is 27.7 Å². The molecule has 20 heavy (non-hydrogen) atoms. The lowest BCUT2D eigenvalue weighted by molar-refractivity contribution is -0.145. The first-order valence-electron chi connectivity index (χ1n) is 7.08. The molecule has 3 unspecified atom stereocenters. The molecule has 1 aliphatic carbocycles. The van der Waals surface area contributed by atoms with Gasteiger partial charge in [-0.3, -0.25) is 4.79 Å². The molecule has 0 bridgehead atoms. The predicted molar refractivity (Wildman–Crippen MR) is 78.7 cm³/mol. The molecule has 0 radical (unpaired) electrons. The molecule has 0 aromatic rings. The largest absolute Gasteiger partial charge is 0.469 e. The van der Waals surface area contributed by atoms with Crippen LogP contribution in [0.4, 0.5) is 0 Å². The number of nitrogens with zero attached hydrogens (tertiary/aromatic N) is 1. The van der Waals surface area contributed by atoms with Crippen molar-refractivity contribution in [3.05, 3.63) is 0 Å². The summed E-state index contributed by atoms with van der Waals surface area (Å²) in [4.78, 5) is 11.8. The lowest BCUT2D eigenvalue weighted by atomic mass is 9.88. The van der Waals surface area contributed by atoms with Crippen LogP contribution < -0.4 is 0 Å². The third-order valence-electron chi connectivity index (χ3n) is 4.54. The Morgan fingerprint density at radius 2 is 1.85 bits per heavy atom. The van der Waals surface area contributed by atoms with Crippen LogP contribution in [-0.4, -0.2) is 44.1 Å². The minimum atomic E-state index is -3.49. The zero-order chi connectivity index (χ0) is 15.7. The van der Waals surface area contributed by atoms with Crippen LogP contribution in [0.25, 0.3) is 0 Å². The maximum absolute atomic E-state index is 12.8. The van der Waals surface area contributed by atoms with Gasteiger partial charge in [0.1, 0.15) is 0 Å². The van der Waals surface area contributed by atoms with E-state index in [1.165, 1.54) is 11.4 Å². The van der Waals surface area contributed by atoms with E-state index < -0.39 is 27.2 Å². The van der Waals surface area contributed by atoms with Gasteiger partial charge in [-0.1, -0.05) is 27.2 Å². The van der Waals surface area contributed by atoms with Crippen LogP contribution >= 0.6 is 0 Å². The van der Waals surface area contributed by atoms with E-state index in [2.05, 4.69) is 0 Å². The molecule has 1 aliphatic rings. The molecule has 0 aliphatic heterocycles. The van der Waals surface area contributed by atoms with Crippen molar-refractivity contribution >= 4 is 16.0 Å². The Morgan fingerprint density at radius 3 is 2.30 bits per heavy atom. The van der Waals surface area contributed by atoms with E-state index in [4.69, 9.17) is 4.74 Å². The van der Waals surface area contributed by atoms with Gasteiger partial charge in [0, 0.05) is 13.1 Å². The van der Waals surface area contributed by atoms with Crippen LogP contribution in [0.15, 0.2) is 0 Å². The zero-order valence-corrected chi connectivity index (χ0v) is 14.2. The Bertz CT molecular complexity index is 452. The van der Waals surface area contributed by atoms with Gasteiger partial charge in [0.05, 0.1) is 18.3 Å². The molecule has 0 aromatic carbocycles. The zero-order valence-electron chi connectivity index (χ0n) is 13.3. The maximum Gasteiger partial charge on any atom is 0.310 e. The molecular weight excluding hydrogens is 278 g/mol. The van der Waals surface area contributed by atoms with Gasteiger partial charge >= 0.3 is 5.97 Å². The summed E-state index contributed by atoms with van der Waals surface area (Å²) in [5, 5.41) is -0.648. The number of sulfonamides is 1. The van der Waals surface area contributed by atoms with Crippen molar-refractivity contribution in [1.82, 2.24) is 4.31 Å². The van der Waals surface area contributed by atoms with Gasteiger partial charge in [0.15, 0.2) is 0 Å². The molecule has 0 spiro atoms. The topological polar surface area (TPSA) is 63.7 Å². The predicted octanol–water partition coefficient (Wildman–Crippen LogP) is 2.02. The lowest BCUT2D eigenvalue weighted by Gasteiger charge is -2.36. The van der Waals surface area contributed by atoms with Crippen molar-refractivity contribution in [2.75, 3.05) is 14.2 Å². The Balaban J connectivity index is 3.01. The summed E-state index contributed by atoms with van der Waals surface area (Å²) in [5.41, 5.74) is -0.152. The molecule has 1 fully saturated rings. The summed E-state index contributed by atoms with van der Waals surface area (Å²) in [7, 11) is -0.572. The van der Waals surface area contributed by atoms with E-state index in [0.717, 1.165) is 6.42 Å². The number of rotatable bonds is 4. The van der Waals surface area contributed by atoms with Crippen LogP contribution in [0.5, 0.6) is 0 Å². The molecule has 1 saturated carbocycles. The van der Waals surface area contributed by atoms with Gasteiger partial charge in [-0.05, 0) is 25.2 Å². The lowest BCUT2D eigenvalue weighted by Crippen LogP contribution is -2.48. The fourth-order valence-corrected chi connectivity index (χ4v) is 4.99. The quantitative estimate of drug-likeness (QED) is 0.746. The average molecular weight is 305 g/mol. The SMILES string of the molecule is COC(=O)C1CCCC1S(=O)(=O)N(C)C(C)C(C)(C)C. The smallest absolute Gasteiger partial charge is 0.310 e. The van der Waals surface area contributed by atoms with Crippen LogP contribution in [0.1, 0.15) is 47.0 Å². The van der Waals surface area contributed by atoms with E-state index in [1.54, 1.807) is 7.05 Å². The summed E-state index contributed by atoms with van der Waals surface area (Å²) < 4.78 is 31.7. The fraction of sp³-hybridized carbons (Fsp3) is 0.929. The highest BCUT2D eigenvalue weighted by Crippen LogP contribution is 2.35. The highest BCUT2D eigenvalue weighted by molar-refractivity contribution is 7.89.